The first-order valence-electron chi connectivity index (χ1n) is 6.58. The van der Waals surface area contributed by atoms with Crippen LogP contribution in [0.1, 0.15) is 49.5 Å². The number of aliphatic carboxylic acids is 1. The number of halogens is 2. The summed E-state index contributed by atoms with van der Waals surface area (Å²) in [6, 6.07) is 5.14. The minimum absolute atomic E-state index is 0.0880. The van der Waals surface area contributed by atoms with E-state index in [9.17, 15) is 18.4 Å². The maximum absolute atomic E-state index is 12.6. The predicted octanol–water partition coefficient (Wildman–Crippen LogP) is 3.24. The molecule has 1 atom stereocenters. The molecular formula is C15H19F2NO3. The van der Waals surface area contributed by atoms with Crippen molar-refractivity contribution in [3.8, 4) is 0 Å². The smallest absolute Gasteiger partial charge is 0.305 e. The zero-order valence-corrected chi connectivity index (χ0v) is 12.2. The minimum atomic E-state index is -2.66. The Balaban J connectivity index is 2.97. The summed E-state index contributed by atoms with van der Waals surface area (Å²) in [4.78, 5) is 23.1. The van der Waals surface area contributed by atoms with Gasteiger partial charge in [0.2, 0.25) is 0 Å². The van der Waals surface area contributed by atoms with Crippen LogP contribution >= 0.6 is 0 Å². The summed E-state index contributed by atoms with van der Waals surface area (Å²) < 4.78 is 25.3. The topological polar surface area (TPSA) is 66.4 Å². The van der Waals surface area contributed by atoms with Gasteiger partial charge in [0.15, 0.2) is 0 Å². The number of carboxylic acids is 1. The van der Waals surface area contributed by atoms with Crippen molar-refractivity contribution in [3.05, 3.63) is 35.4 Å². The van der Waals surface area contributed by atoms with Gasteiger partial charge in [-0.05, 0) is 25.0 Å². The first kappa shape index (κ1) is 17.1. The third-order valence-corrected chi connectivity index (χ3v) is 3.59. The van der Waals surface area contributed by atoms with Gasteiger partial charge in [0.25, 0.3) is 12.3 Å². The van der Waals surface area contributed by atoms with Crippen LogP contribution in [0.15, 0.2) is 24.3 Å². The number of alkyl halides is 2. The molecule has 0 radical (unpaired) electrons. The van der Waals surface area contributed by atoms with E-state index >= 15 is 0 Å². The molecule has 0 saturated heterocycles. The van der Waals surface area contributed by atoms with E-state index in [0.717, 1.165) is 6.07 Å². The van der Waals surface area contributed by atoms with Gasteiger partial charge in [-0.25, -0.2) is 8.78 Å². The van der Waals surface area contributed by atoms with Crippen molar-refractivity contribution in [1.29, 1.82) is 0 Å². The molecule has 1 aromatic rings. The maximum Gasteiger partial charge on any atom is 0.305 e. The van der Waals surface area contributed by atoms with Crippen LogP contribution in [0.25, 0.3) is 0 Å². The molecule has 1 amide bonds. The summed E-state index contributed by atoms with van der Waals surface area (Å²) in [5.41, 5.74) is -1.11. The molecule has 0 bridgehead atoms. The molecule has 0 aliphatic rings. The molecule has 4 nitrogen and oxygen atoms in total. The largest absolute Gasteiger partial charge is 0.481 e. The Bertz CT molecular complexity index is 531. The Labute approximate surface area is 122 Å². The number of rotatable bonds is 6. The molecule has 0 fully saturated rings. The van der Waals surface area contributed by atoms with E-state index in [-0.39, 0.29) is 23.5 Å². The summed E-state index contributed by atoms with van der Waals surface area (Å²) in [5, 5.41) is 11.6. The quantitative estimate of drug-likeness (QED) is 0.847. The normalized spacial score (nSPS) is 14.0. The highest BCUT2D eigenvalue weighted by atomic mass is 19.3. The number of hydrogen-bond acceptors (Lipinski definition) is 2. The van der Waals surface area contributed by atoms with Gasteiger partial charge in [-0.15, -0.1) is 0 Å². The fourth-order valence-electron chi connectivity index (χ4n) is 1.85. The molecule has 1 aromatic carbocycles. The summed E-state index contributed by atoms with van der Waals surface area (Å²) >= 11 is 0. The SMILES string of the molecule is CC(C)C(C)(CC(=O)O)NC(=O)c1cccc(C(F)F)c1. The molecule has 0 heterocycles. The number of benzene rings is 1. The summed E-state index contributed by atoms with van der Waals surface area (Å²) in [5.74, 6) is -1.72. The standard InChI is InChI=1S/C15H19F2NO3/c1-9(2)15(3,8-12(19)20)18-14(21)11-6-4-5-10(7-11)13(16)17/h4-7,9,13H,8H2,1-3H3,(H,18,21)(H,19,20). The third-order valence-electron chi connectivity index (χ3n) is 3.59. The molecule has 0 aromatic heterocycles. The minimum Gasteiger partial charge on any atom is -0.481 e. The van der Waals surface area contributed by atoms with Crippen LogP contribution < -0.4 is 5.32 Å². The lowest BCUT2D eigenvalue weighted by Crippen LogP contribution is -2.51. The van der Waals surface area contributed by atoms with Crippen LogP contribution in [0.4, 0.5) is 8.78 Å². The maximum atomic E-state index is 12.6. The average molecular weight is 299 g/mol. The Kier molecular flexibility index (Phi) is 5.41. The van der Waals surface area contributed by atoms with Crippen molar-refractivity contribution in [2.75, 3.05) is 0 Å². The van der Waals surface area contributed by atoms with Crippen LogP contribution in [0.3, 0.4) is 0 Å². The molecule has 1 rings (SSSR count). The van der Waals surface area contributed by atoms with E-state index in [1.54, 1.807) is 20.8 Å². The van der Waals surface area contributed by atoms with E-state index in [1.165, 1.54) is 18.2 Å². The molecule has 0 spiro atoms. The van der Waals surface area contributed by atoms with Gasteiger partial charge in [-0.3, -0.25) is 9.59 Å². The van der Waals surface area contributed by atoms with Gasteiger partial charge in [0, 0.05) is 11.1 Å². The van der Waals surface area contributed by atoms with Gasteiger partial charge in [0.05, 0.1) is 12.0 Å². The molecule has 0 saturated carbocycles. The summed E-state index contributed by atoms with van der Waals surface area (Å²) in [6.07, 6.45) is -2.90. The lowest BCUT2D eigenvalue weighted by Gasteiger charge is -2.33. The van der Waals surface area contributed by atoms with Crippen LogP contribution in [0.5, 0.6) is 0 Å². The van der Waals surface area contributed by atoms with Crippen molar-refractivity contribution in [2.24, 2.45) is 5.92 Å². The monoisotopic (exact) mass is 299 g/mol. The highest BCUT2D eigenvalue weighted by Gasteiger charge is 2.33. The fourth-order valence-corrected chi connectivity index (χ4v) is 1.85. The van der Waals surface area contributed by atoms with Gasteiger partial charge in [0.1, 0.15) is 0 Å². The van der Waals surface area contributed by atoms with Gasteiger partial charge in [-0.2, -0.15) is 0 Å². The second-order valence-corrected chi connectivity index (χ2v) is 5.52. The Morgan fingerprint density at radius 2 is 1.95 bits per heavy atom. The zero-order valence-electron chi connectivity index (χ0n) is 12.2. The number of hydrogen-bond donors (Lipinski definition) is 2. The van der Waals surface area contributed by atoms with Crippen molar-refractivity contribution in [2.45, 2.75) is 39.2 Å². The number of carbonyl (C=O) groups is 2. The molecule has 0 aliphatic carbocycles. The summed E-state index contributed by atoms with van der Waals surface area (Å²) in [7, 11) is 0. The Morgan fingerprint density at radius 3 is 2.43 bits per heavy atom. The Hall–Kier alpha value is -1.98. The van der Waals surface area contributed by atoms with E-state index in [0.29, 0.717) is 0 Å². The lowest BCUT2D eigenvalue weighted by atomic mass is 9.85. The Morgan fingerprint density at radius 1 is 1.33 bits per heavy atom. The van der Waals surface area contributed by atoms with Gasteiger partial charge < -0.3 is 10.4 Å². The zero-order chi connectivity index (χ0) is 16.2. The van der Waals surface area contributed by atoms with Crippen LogP contribution in [-0.4, -0.2) is 22.5 Å². The highest BCUT2D eigenvalue weighted by molar-refractivity contribution is 5.95. The van der Waals surface area contributed by atoms with Crippen molar-refractivity contribution >= 4 is 11.9 Å². The van der Waals surface area contributed by atoms with Gasteiger partial charge in [-0.1, -0.05) is 26.0 Å². The molecular weight excluding hydrogens is 280 g/mol. The molecule has 6 heteroatoms. The molecule has 0 aliphatic heterocycles. The second-order valence-electron chi connectivity index (χ2n) is 5.52. The number of carbonyl (C=O) groups excluding carboxylic acids is 1. The predicted molar refractivity (Wildman–Crippen MR) is 74.4 cm³/mol. The first-order chi connectivity index (χ1) is 9.65. The van der Waals surface area contributed by atoms with Crippen LogP contribution in [0.2, 0.25) is 0 Å². The molecule has 21 heavy (non-hydrogen) atoms. The van der Waals surface area contributed by atoms with Crippen molar-refractivity contribution in [1.82, 2.24) is 5.32 Å². The van der Waals surface area contributed by atoms with E-state index in [2.05, 4.69) is 5.32 Å². The van der Waals surface area contributed by atoms with Crippen LogP contribution in [0, 0.1) is 5.92 Å². The van der Waals surface area contributed by atoms with E-state index < -0.39 is 23.8 Å². The molecule has 2 N–H and O–H groups in total. The fraction of sp³-hybridized carbons (Fsp3) is 0.467. The third kappa shape index (κ3) is 4.51. The van der Waals surface area contributed by atoms with E-state index in [1.807, 2.05) is 0 Å². The summed E-state index contributed by atoms with van der Waals surface area (Å²) in [6.45, 7) is 5.21. The first-order valence-corrected chi connectivity index (χ1v) is 6.58. The van der Waals surface area contributed by atoms with E-state index in [4.69, 9.17) is 5.11 Å². The molecule has 1 unspecified atom stereocenters. The van der Waals surface area contributed by atoms with Gasteiger partial charge >= 0.3 is 5.97 Å². The number of amides is 1. The van der Waals surface area contributed by atoms with Crippen molar-refractivity contribution < 1.29 is 23.5 Å². The lowest BCUT2D eigenvalue weighted by molar-refractivity contribution is -0.138. The van der Waals surface area contributed by atoms with Crippen LogP contribution in [-0.2, 0) is 4.79 Å². The molecule has 116 valence electrons. The number of nitrogens with one attached hydrogen (secondary N) is 1. The number of carboxylic acid groups (broad SMARTS) is 1. The highest BCUT2D eigenvalue weighted by Crippen LogP contribution is 2.23. The van der Waals surface area contributed by atoms with Crippen molar-refractivity contribution in [3.63, 3.8) is 0 Å². The average Bonchev–Trinajstić information content (AvgIpc) is 2.37. The second kappa shape index (κ2) is 6.65.